The van der Waals surface area contributed by atoms with Crippen LogP contribution >= 0.6 is 0 Å². The van der Waals surface area contributed by atoms with Gasteiger partial charge in [-0.1, -0.05) is 52.0 Å². The van der Waals surface area contributed by atoms with Gasteiger partial charge < -0.3 is 19.6 Å². The Morgan fingerprint density at radius 2 is 0.891 bits per heavy atom. The van der Waals surface area contributed by atoms with Gasteiger partial charge in [0.1, 0.15) is 11.4 Å². The minimum absolute atomic E-state index is 0.104. The number of allylic oxidation sites excluding steroid dienone is 4. The van der Waals surface area contributed by atoms with Crippen LogP contribution in [0.2, 0.25) is 0 Å². The van der Waals surface area contributed by atoms with Gasteiger partial charge >= 0.3 is 0 Å². The quantitative estimate of drug-likeness (QED) is 0.328. The second kappa shape index (κ2) is 13.3. The summed E-state index contributed by atoms with van der Waals surface area (Å²) in [6.45, 7) is 11.7. The number of carbonyl (C=O) groups excluding carboxylic acids is 2. The Labute approximate surface area is 275 Å². The highest BCUT2D eigenvalue weighted by atomic mass is 16.1. The van der Waals surface area contributed by atoms with Gasteiger partial charge in [0.15, 0.2) is 11.6 Å². The van der Waals surface area contributed by atoms with Gasteiger partial charge in [-0.25, -0.2) is 0 Å². The number of carbonyl (C=O) groups is 2. The van der Waals surface area contributed by atoms with Crippen molar-refractivity contribution >= 4 is 35.4 Å². The number of piperazine rings is 1. The molecule has 0 unspecified atom stereocenters. The normalized spacial score (nSPS) is 20.3. The first-order chi connectivity index (χ1) is 21.7. The molecule has 8 heteroatoms. The molecule has 0 spiro atoms. The van der Waals surface area contributed by atoms with Crippen LogP contribution in [0, 0.1) is 10.8 Å². The zero-order valence-electron chi connectivity index (χ0n) is 28.9. The number of Topliss-reactive ketones (excluding diaryl/α,β-unsaturated/α-hetero) is 2. The highest BCUT2D eigenvalue weighted by molar-refractivity contribution is 6.00. The molecule has 46 heavy (non-hydrogen) atoms. The number of hydrogen-bond acceptors (Lipinski definition) is 8. The Hall–Kier alpha value is -4.20. The van der Waals surface area contributed by atoms with Gasteiger partial charge in [-0.05, 0) is 59.1 Å². The van der Waals surface area contributed by atoms with Gasteiger partial charge in [0, 0.05) is 102 Å². The fourth-order valence-electron chi connectivity index (χ4n) is 6.62. The molecule has 0 radical (unpaired) electrons. The van der Waals surface area contributed by atoms with Crippen LogP contribution in [-0.4, -0.2) is 88.2 Å². The summed E-state index contributed by atoms with van der Waals surface area (Å²) in [5, 5.41) is 0. The van der Waals surface area contributed by atoms with Gasteiger partial charge in [-0.2, -0.15) is 0 Å². The standard InChI is InChI=1S/C38H50N6O2/c1-37(2)21-31(35(33(45)23-37)39-25-27-9-13-29(14-10-27)41(5)6)43-17-19-44(20-18-43)32-22-38(3,4)24-34(46)36(32)40-26-28-11-15-30(16-12-28)42(7)8/h9-16,25-26H,17-24H2,1-8H3. The van der Waals surface area contributed by atoms with Gasteiger partial charge in [0.2, 0.25) is 0 Å². The molecular weight excluding hydrogens is 572 g/mol. The Balaban J connectivity index is 1.38. The Kier molecular flexibility index (Phi) is 9.57. The van der Waals surface area contributed by atoms with Crippen molar-refractivity contribution in [2.24, 2.45) is 20.8 Å². The number of nitrogens with zero attached hydrogens (tertiary/aromatic N) is 6. The van der Waals surface area contributed by atoms with Crippen LogP contribution in [0.4, 0.5) is 11.4 Å². The Morgan fingerprint density at radius 1 is 0.565 bits per heavy atom. The molecule has 0 amide bonds. The van der Waals surface area contributed by atoms with E-state index in [1.54, 1.807) is 0 Å². The molecule has 0 bridgehead atoms. The molecule has 2 aliphatic carbocycles. The third-order valence-electron chi connectivity index (χ3n) is 9.19. The summed E-state index contributed by atoms with van der Waals surface area (Å²) in [6, 6.07) is 16.4. The molecular formula is C38H50N6O2. The Morgan fingerprint density at radius 3 is 1.20 bits per heavy atom. The van der Waals surface area contributed by atoms with Crippen LogP contribution in [-0.2, 0) is 9.59 Å². The predicted molar refractivity (Wildman–Crippen MR) is 190 cm³/mol. The van der Waals surface area contributed by atoms with Gasteiger partial charge in [0.25, 0.3) is 0 Å². The molecule has 1 heterocycles. The molecule has 3 aliphatic rings. The topological polar surface area (TPSA) is 71.8 Å². The molecule has 0 saturated carbocycles. The molecule has 5 rings (SSSR count). The summed E-state index contributed by atoms with van der Waals surface area (Å²) < 4.78 is 0. The van der Waals surface area contributed by atoms with E-state index in [9.17, 15) is 9.59 Å². The number of ketones is 2. The van der Waals surface area contributed by atoms with Crippen LogP contribution in [0.25, 0.3) is 0 Å². The van der Waals surface area contributed by atoms with Crippen molar-refractivity contribution in [2.45, 2.75) is 53.4 Å². The molecule has 2 aromatic rings. The molecule has 0 N–H and O–H groups in total. The monoisotopic (exact) mass is 622 g/mol. The average Bonchev–Trinajstić information content (AvgIpc) is 2.99. The fourth-order valence-corrected chi connectivity index (χ4v) is 6.62. The molecule has 1 saturated heterocycles. The van der Waals surface area contributed by atoms with E-state index in [2.05, 4.69) is 71.6 Å². The van der Waals surface area contributed by atoms with Crippen molar-refractivity contribution in [3.63, 3.8) is 0 Å². The minimum atomic E-state index is -0.120. The number of hydrogen-bond donors (Lipinski definition) is 0. The molecule has 0 atom stereocenters. The lowest BCUT2D eigenvalue weighted by Gasteiger charge is -2.44. The number of rotatable bonds is 8. The lowest BCUT2D eigenvalue weighted by molar-refractivity contribution is -0.119. The van der Waals surface area contributed by atoms with Gasteiger partial charge in [0.05, 0.1) is 0 Å². The summed E-state index contributed by atoms with van der Waals surface area (Å²) in [6.07, 6.45) is 6.24. The van der Waals surface area contributed by atoms with E-state index < -0.39 is 0 Å². The van der Waals surface area contributed by atoms with E-state index >= 15 is 0 Å². The third-order valence-corrected chi connectivity index (χ3v) is 9.19. The molecule has 0 aromatic heterocycles. The Bertz CT molecular complexity index is 1450. The molecule has 244 valence electrons. The van der Waals surface area contributed by atoms with Gasteiger partial charge in [-0.3, -0.25) is 19.6 Å². The second-order valence-corrected chi connectivity index (χ2v) is 14.9. The van der Waals surface area contributed by atoms with Crippen molar-refractivity contribution in [2.75, 3.05) is 64.2 Å². The van der Waals surface area contributed by atoms with Crippen LogP contribution in [0.1, 0.15) is 64.5 Å². The first-order valence-electron chi connectivity index (χ1n) is 16.4. The van der Waals surface area contributed by atoms with Crippen molar-refractivity contribution < 1.29 is 9.59 Å². The highest BCUT2D eigenvalue weighted by Gasteiger charge is 2.38. The predicted octanol–water partition coefficient (Wildman–Crippen LogP) is 6.18. The van der Waals surface area contributed by atoms with Crippen molar-refractivity contribution in [1.82, 2.24) is 9.80 Å². The highest BCUT2D eigenvalue weighted by Crippen LogP contribution is 2.41. The first-order valence-corrected chi connectivity index (χ1v) is 16.4. The van der Waals surface area contributed by atoms with Gasteiger partial charge in [-0.15, -0.1) is 0 Å². The smallest absolute Gasteiger partial charge is 0.183 e. The maximum absolute atomic E-state index is 13.5. The van der Waals surface area contributed by atoms with Crippen LogP contribution in [0.5, 0.6) is 0 Å². The summed E-state index contributed by atoms with van der Waals surface area (Å²) in [4.78, 5) is 45.3. The second-order valence-electron chi connectivity index (χ2n) is 14.9. The van der Waals surface area contributed by atoms with E-state index in [0.717, 1.165) is 72.9 Å². The number of anilines is 2. The number of benzene rings is 2. The van der Waals surface area contributed by atoms with E-state index in [1.165, 1.54) is 0 Å². The zero-order chi connectivity index (χ0) is 33.2. The lowest BCUT2D eigenvalue weighted by atomic mass is 9.76. The minimum Gasteiger partial charge on any atom is -0.378 e. The SMILES string of the molecule is CN(C)c1ccc(C=NC2=C(N3CCN(C4=C(N=Cc5ccc(N(C)C)cc5)C(=O)CC(C)(C)C4)CC3)CC(C)(C)CC2=O)cc1. The first kappa shape index (κ1) is 33.2. The van der Waals surface area contributed by atoms with Crippen molar-refractivity contribution in [3.8, 4) is 0 Å². The summed E-state index contributed by atoms with van der Waals surface area (Å²) in [5.74, 6) is 0.208. The fraction of sp³-hybridized carbons (Fsp3) is 0.474. The summed E-state index contributed by atoms with van der Waals surface area (Å²) in [5.41, 5.74) is 7.19. The maximum Gasteiger partial charge on any atom is 0.183 e. The summed E-state index contributed by atoms with van der Waals surface area (Å²) >= 11 is 0. The van der Waals surface area contributed by atoms with E-state index in [-0.39, 0.29) is 22.4 Å². The lowest BCUT2D eigenvalue weighted by Crippen LogP contribution is -2.48. The maximum atomic E-state index is 13.5. The van der Waals surface area contributed by atoms with Crippen LogP contribution in [0.15, 0.2) is 81.3 Å². The van der Waals surface area contributed by atoms with Crippen LogP contribution in [0.3, 0.4) is 0 Å². The zero-order valence-corrected chi connectivity index (χ0v) is 28.9. The largest absolute Gasteiger partial charge is 0.378 e. The van der Waals surface area contributed by atoms with Crippen molar-refractivity contribution in [3.05, 3.63) is 82.4 Å². The molecule has 1 aliphatic heterocycles. The molecule has 2 aromatic carbocycles. The van der Waals surface area contributed by atoms with Crippen molar-refractivity contribution in [1.29, 1.82) is 0 Å². The van der Waals surface area contributed by atoms with E-state index in [0.29, 0.717) is 24.2 Å². The van der Waals surface area contributed by atoms with Crippen LogP contribution < -0.4 is 9.80 Å². The number of aliphatic imine (C=N–C) groups is 2. The molecule has 8 nitrogen and oxygen atoms in total. The summed E-state index contributed by atoms with van der Waals surface area (Å²) in [7, 11) is 8.08. The third kappa shape index (κ3) is 7.77. The van der Waals surface area contributed by atoms with E-state index in [4.69, 9.17) is 9.98 Å². The average molecular weight is 623 g/mol. The van der Waals surface area contributed by atoms with E-state index in [1.807, 2.05) is 64.9 Å². The molecule has 1 fully saturated rings.